The Hall–Kier alpha value is -2.48. The average molecular weight is 418 g/mol. The van der Waals surface area contributed by atoms with Crippen molar-refractivity contribution in [2.24, 2.45) is 0 Å². The van der Waals surface area contributed by atoms with E-state index in [0.29, 0.717) is 22.8 Å². The van der Waals surface area contributed by atoms with Gasteiger partial charge in [0.15, 0.2) is 11.2 Å². The number of nitrogens with one attached hydrogen (secondary N) is 1. The van der Waals surface area contributed by atoms with Crippen LogP contribution >= 0.6 is 23.4 Å². The number of carbonyl (C=O) groups is 1. The number of aliphatic hydroxyl groups is 1. The van der Waals surface area contributed by atoms with Gasteiger partial charge in [-0.15, -0.1) is 0 Å². The highest BCUT2D eigenvalue weighted by atomic mass is 35.5. The quantitative estimate of drug-likeness (QED) is 0.479. The van der Waals surface area contributed by atoms with Crippen molar-refractivity contribution < 1.29 is 15.0 Å². The van der Waals surface area contributed by atoms with E-state index in [4.69, 9.17) is 11.6 Å². The van der Waals surface area contributed by atoms with Gasteiger partial charge in [-0.25, -0.2) is 9.78 Å². The molecule has 0 saturated heterocycles. The third-order valence-corrected chi connectivity index (χ3v) is 5.35. The molecule has 0 bridgehead atoms. The fourth-order valence-electron chi connectivity index (χ4n) is 2.89. The Kier molecular flexibility index (Phi) is 6.61. The summed E-state index contributed by atoms with van der Waals surface area (Å²) in [4.78, 5) is 16.0. The molecule has 0 saturated carbocycles. The number of thioether (sulfide) groups is 1. The molecule has 0 amide bonds. The summed E-state index contributed by atoms with van der Waals surface area (Å²) in [7, 11) is 0. The Morgan fingerprint density at radius 3 is 2.57 bits per heavy atom. The minimum atomic E-state index is -1.01. The van der Waals surface area contributed by atoms with Crippen LogP contribution in [0.15, 0.2) is 59.9 Å². The minimum Gasteiger partial charge on any atom is -0.479 e. The maximum atomic E-state index is 11.7. The van der Waals surface area contributed by atoms with Crippen LogP contribution in [-0.4, -0.2) is 32.0 Å². The van der Waals surface area contributed by atoms with E-state index in [1.165, 1.54) is 11.8 Å². The van der Waals surface area contributed by atoms with Crippen LogP contribution in [0.25, 0.3) is 0 Å². The molecule has 0 fully saturated rings. The van der Waals surface area contributed by atoms with Gasteiger partial charge in [-0.2, -0.15) is 0 Å². The van der Waals surface area contributed by atoms with E-state index in [2.05, 4.69) is 10.3 Å². The zero-order chi connectivity index (χ0) is 20.1. The lowest BCUT2D eigenvalue weighted by Crippen LogP contribution is -2.20. The SMILES string of the molecule is CSc1ncc(CO)n1Cc1ccc(NC(C(=O)O)c2ccccc2Cl)cc1. The van der Waals surface area contributed by atoms with Gasteiger partial charge in [-0.05, 0) is 30.0 Å². The maximum Gasteiger partial charge on any atom is 0.330 e. The van der Waals surface area contributed by atoms with Gasteiger partial charge in [-0.1, -0.05) is 53.7 Å². The molecule has 0 spiro atoms. The highest BCUT2D eigenvalue weighted by Crippen LogP contribution is 2.27. The number of aliphatic hydroxyl groups excluding tert-OH is 1. The van der Waals surface area contributed by atoms with Gasteiger partial charge in [-0.3, -0.25) is 0 Å². The number of nitrogens with zero attached hydrogens (tertiary/aromatic N) is 2. The van der Waals surface area contributed by atoms with Crippen LogP contribution in [0.3, 0.4) is 0 Å². The molecule has 1 unspecified atom stereocenters. The largest absolute Gasteiger partial charge is 0.479 e. The predicted molar refractivity (Wildman–Crippen MR) is 111 cm³/mol. The van der Waals surface area contributed by atoms with E-state index in [-0.39, 0.29) is 6.61 Å². The first-order chi connectivity index (χ1) is 13.5. The Bertz CT molecular complexity index is 938. The molecule has 0 radical (unpaired) electrons. The molecule has 28 heavy (non-hydrogen) atoms. The first-order valence-corrected chi connectivity index (χ1v) is 10.2. The van der Waals surface area contributed by atoms with Gasteiger partial charge in [0.05, 0.1) is 18.5 Å². The molecular formula is C20H20ClN3O3S. The first-order valence-electron chi connectivity index (χ1n) is 8.55. The highest BCUT2D eigenvalue weighted by Gasteiger charge is 2.22. The number of halogens is 1. The molecule has 1 aromatic heterocycles. The fraction of sp³-hybridized carbons (Fsp3) is 0.200. The zero-order valence-corrected chi connectivity index (χ0v) is 16.7. The summed E-state index contributed by atoms with van der Waals surface area (Å²) in [6, 6.07) is 13.4. The standard InChI is InChI=1S/C20H20ClN3O3S/c1-28-20-22-10-15(12-25)24(20)11-13-6-8-14(9-7-13)23-18(19(26)27)16-4-2-3-5-17(16)21/h2-10,18,23,25H,11-12H2,1H3,(H,26,27). The van der Waals surface area contributed by atoms with Crippen LogP contribution in [0.1, 0.15) is 22.9 Å². The molecule has 1 heterocycles. The second-order valence-electron chi connectivity index (χ2n) is 6.11. The second kappa shape index (κ2) is 9.14. The van der Waals surface area contributed by atoms with Gasteiger partial charge in [0.2, 0.25) is 0 Å². The van der Waals surface area contributed by atoms with Crippen molar-refractivity contribution in [3.63, 3.8) is 0 Å². The predicted octanol–water partition coefficient (Wildman–Crippen LogP) is 4.04. The molecule has 0 aliphatic rings. The molecule has 0 aliphatic carbocycles. The Morgan fingerprint density at radius 1 is 1.25 bits per heavy atom. The number of rotatable bonds is 8. The van der Waals surface area contributed by atoms with Crippen LogP contribution < -0.4 is 5.32 Å². The van der Waals surface area contributed by atoms with Crippen molar-refractivity contribution in [1.29, 1.82) is 0 Å². The van der Waals surface area contributed by atoms with Crippen molar-refractivity contribution in [2.45, 2.75) is 24.3 Å². The maximum absolute atomic E-state index is 11.7. The van der Waals surface area contributed by atoms with Crippen LogP contribution in [0, 0.1) is 0 Å². The molecule has 3 aromatic rings. The van der Waals surface area contributed by atoms with Crippen molar-refractivity contribution in [1.82, 2.24) is 9.55 Å². The number of carboxylic acid groups (broad SMARTS) is 1. The lowest BCUT2D eigenvalue weighted by Gasteiger charge is -2.18. The Balaban J connectivity index is 1.78. The van der Waals surface area contributed by atoms with E-state index in [1.54, 1.807) is 30.5 Å². The number of benzene rings is 2. The van der Waals surface area contributed by atoms with Gasteiger partial charge in [0.25, 0.3) is 0 Å². The topological polar surface area (TPSA) is 87.4 Å². The van der Waals surface area contributed by atoms with Crippen molar-refractivity contribution in [3.8, 4) is 0 Å². The van der Waals surface area contributed by atoms with Gasteiger partial charge in [0.1, 0.15) is 0 Å². The number of aliphatic carboxylic acids is 1. The van der Waals surface area contributed by atoms with Gasteiger partial charge in [0, 0.05) is 22.8 Å². The summed E-state index contributed by atoms with van der Waals surface area (Å²) in [5, 5.41) is 23.3. The highest BCUT2D eigenvalue weighted by molar-refractivity contribution is 7.98. The van der Waals surface area contributed by atoms with Gasteiger partial charge < -0.3 is 20.1 Å². The van der Waals surface area contributed by atoms with Crippen molar-refractivity contribution in [2.75, 3.05) is 11.6 Å². The Morgan fingerprint density at radius 2 is 1.96 bits per heavy atom. The molecule has 2 aromatic carbocycles. The smallest absolute Gasteiger partial charge is 0.330 e. The molecule has 146 valence electrons. The first kappa shape index (κ1) is 20.3. The molecule has 6 nitrogen and oxygen atoms in total. The third-order valence-electron chi connectivity index (χ3n) is 4.31. The van der Waals surface area contributed by atoms with E-state index in [9.17, 15) is 15.0 Å². The lowest BCUT2D eigenvalue weighted by molar-refractivity contribution is -0.138. The molecule has 1 atom stereocenters. The minimum absolute atomic E-state index is 0.0780. The Labute approximate surface area is 172 Å². The molecule has 3 rings (SSSR count). The van der Waals surface area contributed by atoms with E-state index >= 15 is 0 Å². The lowest BCUT2D eigenvalue weighted by atomic mass is 10.1. The molecule has 0 aliphatic heterocycles. The van der Waals surface area contributed by atoms with Crippen molar-refractivity contribution >= 4 is 35.0 Å². The van der Waals surface area contributed by atoms with Crippen LogP contribution in [0.2, 0.25) is 5.02 Å². The summed E-state index contributed by atoms with van der Waals surface area (Å²) in [5.74, 6) is -1.01. The monoisotopic (exact) mass is 417 g/mol. The second-order valence-corrected chi connectivity index (χ2v) is 7.30. The molecule has 3 N–H and O–H groups in total. The number of anilines is 1. The summed E-state index contributed by atoms with van der Waals surface area (Å²) in [6.45, 7) is 0.491. The molecule has 8 heteroatoms. The van der Waals surface area contributed by atoms with E-state index in [1.807, 2.05) is 35.1 Å². The number of hydrogen-bond acceptors (Lipinski definition) is 5. The van der Waals surface area contributed by atoms with Gasteiger partial charge >= 0.3 is 5.97 Å². The summed E-state index contributed by atoms with van der Waals surface area (Å²) in [6.07, 6.45) is 3.61. The number of imidazole rings is 1. The molecular weight excluding hydrogens is 398 g/mol. The summed E-state index contributed by atoms with van der Waals surface area (Å²) < 4.78 is 1.96. The average Bonchev–Trinajstić information content (AvgIpc) is 3.09. The van der Waals surface area contributed by atoms with E-state index < -0.39 is 12.0 Å². The fourth-order valence-corrected chi connectivity index (χ4v) is 3.69. The zero-order valence-electron chi connectivity index (χ0n) is 15.2. The third kappa shape index (κ3) is 4.49. The summed E-state index contributed by atoms with van der Waals surface area (Å²) >= 11 is 7.67. The number of aromatic nitrogens is 2. The van der Waals surface area contributed by atoms with E-state index in [0.717, 1.165) is 16.4 Å². The summed E-state index contributed by atoms with van der Waals surface area (Å²) in [5.41, 5.74) is 2.94. The number of carboxylic acids is 1. The van der Waals surface area contributed by atoms with Crippen LogP contribution in [0.4, 0.5) is 5.69 Å². The van der Waals surface area contributed by atoms with Crippen molar-refractivity contribution in [3.05, 3.63) is 76.6 Å². The number of hydrogen-bond donors (Lipinski definition) is 3. The normalized spacial score (nSPS) is 12.0. The van der Waals surface area contributed by atoms with Crippen LogP contribution in [0.5, 0.6) is 0 Å². The van der Waals surface area contributed by atoms with Crippen LogP contribution in [-0.2, 0) is 17.9 Å².